The highest BCUT2D eigenvalue weighted by molar-refractivity contribution is 5.86. The van der Waals surface area contributed by atoms with Gasteiger partial charge >= 0.3 is 11.7 Å². The Morgan fingerprint density at radius 2 is 1.92 bits per heavy atom. The third-order valence-corrected chi connectivity index (χ3v) is 3.95. The van der Waals surface area contributed by atoms with Crippen molar-refractivity contribution in [1.82, 2.24) is 28.7 Å². The van der Waals surface area contributed by atoms with Crippen LogP contribution in [0.4, 0.5) is 0 Å². The molecule has 0 saturated heterocycles. The molecule has 10 heteroatoms. The van der Waals surface area contributed by atoms with Crippen LogP contribution in [-0.2, 0) is 25.4 Å². The molecule has 0 aliphatic rings. The minimum absolute atomic E-state index is 0.0490. The third kappa shape index (κ3) is 3.13. The highest BCUT2D eigenvalue weighted by Gasteiger charge is 2.15. The van der Waals surface area contributed by atoms with Crippen LogP contribution in [0, 0.1) is 6.92 Å². The molecule has 0 fully saturated rings. The summed E-state index contributed by atoms with van der Waals surface area (Å²) in [6.07, 6.45) is 4.61. The molecule has 0 atom stereocenters. The zero-order valence-electron chi connectivity index (χ0n) is 14.7. The van der Waals surface area contributed by atoms with E-state index in [-0.39, 0.29) is 18.8 Å². The second kappa shape index (κ2) is 6.90. The molecule has 3 aromatic heterocycles. The average molecular weight is 358 g/mol. The van der Waals surface area contributed by atoms with Crippen LogP contribution in [-0.4, -0.2) is 41.2 Å². The zero-order chi connectivity index (χ0) is 18.8. The highest BCUT2D eigenvalue weighted by Crippen LogP contribution is 2.03. The maximum Gasteiger partial charge on any atom is 0.358 e. The van der Waals surface area contributed by atoms with Gasteiger partial charge in [0.25, 0.3) is 5.56 Å². The second-order valence-corrected chi connectivity index (χ2v) is 5.86. The van der Waals surface area contributed by atoms with Crippen molar-refractivity contribution in [3.63, 3.8) is 0 Å². The van der Waals surface area contributed by atoms with Crippen molar-refractivity contribution in [1.29, 1.82) is 0 Å². The van der Waals surface area contributed by atoms with Crippen LogP contribution in [0.25, 0.3) is 11.2 Å². The molecule has 0 saturated carbocycles. The summed E-state index contributed by atoms with van der Waals surface area (Å²) in [6.45, 7) is 1.94. The van der Waals surface area contributed by atoms with Crippen molar-refractivity contribution < 1.29 is 9.53 Å². The Labute approximate surface area is 147 Å². The van der Waals surface area contributed by atoms with Gasteiger partial charge in [0, 0.05) is 26.8 Å². The van der Waals surface area contributed by atoms with Crippen LogP contribution in [0.3, 0.4) is 0 Å². The van der Waals surface area contributed by atoms with Crippen LogP contribution < -0.4 is 11.2 Å². The Hall–Kier alpha value is -3.30. The lowest BCUT2D eigenvalue weighted by atomic mass is 10.4. The molecule has 0 spiro atoms. The summed E-state index contributed by atoms with van der Waals surface area (Å²) < 4.78 is 9.12. The minimum Gasteiger partial charge on any atom is -0.461 e. The first-order valence-electron chi connectivity index (χ1n) is 7.96. The molecule has 0 radical (unpaired) electrons. The van der Waals surface area contributed by atoms with Gasteiger partial charge in [-0.2, -0.15) is 0 Å². The number of aromatic nitrogens is 6. The van der Waals surface area contributed by atoms with Gasteiger partial charge in [-0.3, -0.25) is 18.9 Å². The van der Waals surface area contributed by atoms with Gasteiger partial charge in [-0.1, -0.05) is 0 Å². The van der Waals surface area contributed by atoms with Crippen molar-refractivity contribution in [2.75, 3.05) is 6.61 Å². The SMILES string of the molecule is Cc1cnc(C(=O)OCCCn2c(=O)c3c(ncn3C)n(C)c2=O)cn1. The molecule has 26 heavy (non-hydrogen) atoms. The fourth-order valence-corrected chi connectivity index (χ4v) is 2.55. The number of aryl methyl sites for hydroxylation is 3. The smallest absolute Gasteiger partial charge is 0.358 e. The van der Waals surface area contributed by atoms with Crippen LogP contribution in [0.15, 0.2) is 28.3 Å². The predicted molar refractivity (Wildman–Crippen MR) is 91.9 cm³/mol. The Morgan fingerprint density at radius 1 is 1.15 bits per heavy atom. The number of ether oxygens (including phenoxy) is 1. The second-order valence-electron chi connectivity index (χ2n) is 5.86. The lowest BCUT2D eigenvalue weighted by Crippen LogP contribution is -2.39. The van der Waals surface area contributed by atoms with E-state index in [1.807, 2.05) is 0 Å². The maximum atomic E-state index is 12.5. The van der Waals surface area contributed by atoms with Gasteiger partial charge in [-0.15, -0.1) is 0 Å². The molecule has 0 amide bonds. The van der Waals surface area contributed by atoms with Crippen molar-refractivity contribution >= 4 is 17.1 Å². The first-order valence-corrected chi connectivity index (χ1v) is 7.96. The van der Waals surface area contributed by atoms with Crippen LogP contribution in [0.1, 0.15) is 22.6 Å². The molecule has 3 heterocycles. The fourth-order valence-electron chi connectivity index (χ4n) is 2.55. The normalized spacial score (nSPS) is 11.0. The van der Waals surface area contributed by atoms with Gasteiger partial charge in [-0.05, 0) is 13.3 Å². The number of imidazole rings is 1. The van der Waals surface area contributed by atoms with Gasteiger partial charge in [0.05, 0.1) is 24.8 Å². The van der Waals surface area contributed by atoms with E-state index in [0.29, 0.717) is 23.3 Å². The van der Waals surface area contributed by atoms with E-state index in [2.05, 4.69) is 15.0 Å². The van der Waals surface area contributed by atoms with Crippen molar-refractivity contribution in [3.05, 3.63) is 50.9 Å². The molecule has 0 aromatic carbocycles. The summed E-state index contributed by atoms with van der Waals surface area (Å²) in [7, 11) is 3.25. The lowest BCUT2D eigenvalue weighted by molar-refractivity contribution is 0.0488. The Morgan fingerprint density at radius 3 is 2.62 bits per heavy atom. The third-order valence-electron chi connectivity index (χ3n) is 3.95. The van der Waals surface area contributed by atoms with Crippen molar-refractivity contribution in [2.45, 2.75) is 19.9 Å². The van der Waals surface area contributed by atoms with E-state index in [1.165, 1.54) is 23.3 Å². The summed E-state index contributed by atoms with van der Waals surface area (Å²) in [5.41, 5.74) is 0.611. The zero-order valence-corrected chi connectivity index (χ0v) is 14.7. The molecule has 0 aliphatic heterocycles. The quantitative estimate of drug-likeness (QED) is 0.457. The number of esters is 1. The topological polar surface area (TPSA) is 114 Å². The van der Waals surface area contributed by atoms with E-state index in [9.17, 15) is 14.4 Å². The summed E-state index contributed by atoms with van der Waals surface area (Å²) >= 11 is 0. The van der Waals surface area contributed by atoms with Crippen LogP contribution >= 0.6 is 0 Å². The molecule has 0 bridgehead atoms. The van der Waals surface area contributed by atoms with Gasteiger partial charge in [-0.25, -0.2) is 19.6 Å². The maximum absolute atomic E-state index is 12.5. The molecule has 0 aliphatic carbocycles. The number of rotatable bonds is 5. The summed E-state index contributed by atoms with van der Waals surface area (Å²) in [5.74, 6) is -0.597. The van der Waals surface area contributed by atoms with Gasteiger partial charge in [0.15, 0.2) is 16.9 Å². The first kappa shape index (κ1) is 17.5. The lowest BCUT2D eigenvalue weighted by Gasteiger charge is -2.09. The number of fused-ring (bicyclic) bond motifs is 1. The van der Waals surface area contributed by atoms with Gasteiger partial charge in [0.1, 0.15) is 0 Å². The number of carbonyl (C=O) groups is 1. The Kier molecular flexibility index (Phi) is 4.65. The van der Waals surface area contributed by atoms with Gasteiger partial charge < -0.3 is 9.30 Å². The molecular weight excluding hydrogens is 340 g/mol. The molecule has 3 aromatic rings. The number of nitrogens with zero attached hydrogens (tertiary/aromatic N) is 6. The number of hydrogen-bond acceptors (Lipinski definition) is 7. The van der Waals surface area contributed by atoms with Crippen LogP contribution in [0.2, 0.25) is 0 Å². The summed E-state index contributed by atoms with van der Waals surface area (Å²) in [6, 6.07) is 0. The molecule has 0 unspecified atom stereocenters. The molecule has 136 valence electrons. The molecule has 10 nitrogen and oxygen atoms in total. The number of hydrogen-bond donors (Lipinski definition) is 0. The summed E-state index contributed by atoms with van der Waals surface area (Å²) in [5, 5.41) is 0. The average Bonchev–Trinajstić information content (AvgIpc) is 3.01. The summed E-state index contributed by atoms with van der Waals surface area (Å²) in [4.78, 5) is 48.7. The minimum atomic E-state index is -0.597. The first-order chi connectivity index (χ1) is 12.4. The number of carbonyl (C=O) groups excluding carboxylic acids is 1. The molecule has 3 rings (SSSR count). The largest absolute Gasteiger partial charge is 0.461 e. The molecular formula is C16H18N6O4. The Balaban J connectivity index is 1.70. The standard InChI is InChI=1S/C16H18N6O4/c1-10-7-18-11(8-17-10)15(24)26-6-4-5-22-14(23)12-13(19-9-20(12)2)21(3)16(22)25/h7-9H,4-6H2,1-3H3. The predicted octanol–water partition coefficient (Wildman–Crippen LogP) is -0.221. The van der Waals surface area contributed by atoms with Crippen LogP contribution in [0.5, 0.6) is 0 Å². The monoisotopic (exact) mass is 358 g/mol. The van der Waals surface area contributed by atoms with E-state index in [4.69, 9.17) is 4.74 Å². The van der Waals surface area contributed by atoms with E-state index < -0.39 is 17.2 Å². The van der Waals surface area contributed by atoms with Crippen molar-refractivity contribution in [3.8, 4) is 0 Å². The molecule has 0 N–H and O–H groups in total. The fraction of sp³-hybridized carbons (Fsp3) is 0.375. The van der Waals surface area contributed by atoms with E-state index >= 15 is 0 Å². The highest BCUT2D eigenvalue weighted by atomic mass is 16.5. The van der Waals surface area contributed by atoms with Crippen molar-refractivity contribution in [2.24, 2.45) is 14.1 Å². The van der Waals surface area contributed by atoms with E-state index in [1.54, 1.807) is 25.6 Å². The Bertz CT molecular complexity index is 1080. The van der Waals surface area contributed by atoms with E-state index in [0.717, 1.165) is 4.57 Å². The van der Waals surface area contributed by atoms with Gasteiger partial charge in [0.2, 0.25) is 0 Å².